The van der Waals surface area contributed by atoms with E-state index in [1.807, 2.05) is 61.6 Å². The largest absolute Gasteiger partial charge is 0.306 e. The fourth-order valence-electron chi connectivity index (χ4n) is 1.74. The fourth-order valence-corrected chi connectivity index (χ4v) is 2.79. The number of hydrogen-bond acceptors (Lipinski definition) is 2. The zero-order valence-corrected chi connectivity index (χ0v) is 13.8. The van der Waals surface area contributed by atoms with Crippen LogP contribution in [0.2, 0.25) is 5.02 Å². The van der Waals surface area contributed by atoms with E-state index in [9.17, 15) is 4.79 Å². The number of aryl methyl sites for hydroxylation is 1. The van der Waals surface area contributed by atoms with E-state index in [4.69, 9.17) is 11.6 Å². The normalized spacial score (nSPS) is 11.1. The quantitative estimate of drug-likeness (QED) is 0.786. The Hall–Kier alpha value is -0.880. The van der Waals surface area contributed by atoms with Crippen LogP contribution >= 0.6 is 34.2 Å². The first-order valence-corrected chi connectivity index (χ1v) is 7.42. The van der Waals surface area contributed by atoms with Crippen molar-refractivity contribution >= 4 is 34.2 Å². The van der Waals surface area contributed by atoms with E-state index in [0.29, 0.717) is 14.4 Å². The molecule has 1 N–H and O–H groups in total. The van der Waals surface area contributed by atoms with Gasteiger partial charge in [-0.1, -0.05) is 37.6 Å². The molecule has 0 aliphatic rings. The number of rotatable bonds is 2. The average Bonchev–Trinajstić information content (AvgIpc) is 2.35. The predicted octanol–water partition coefficient (Wildman–Crippen LogP) is 4.13. The molecule has 0 saturated heterocycles. The minimum atomic E-state index is -0.106. The van der Waals surface area contributed by atoms with Crippen LogP contribution in [0, 0.1) is 10.5 Å². The summed E-state index contributed by atoms with van der Waals surface area (Å²) >= 11 is 8.15. The van der Waals surface area contributed by atoms with E-state index in [0.717, 1.165) is 16.8 Å². The molecule has 0 unspecified atom stereocenters. The van der Waals surface area contributed by atoms with Crippen molar-refractivity contribution in [3.05, 3.63) is 48.4 Å². The van der Waals surface area contributed by atoms with Gasteiger partial charge in [-0.15, -0.1) is 0 Å². The van der Waals surface area contributed by atoms with E-state index < -0.39 is 0 Å². The van der Waals surface area contributed by atoms with Crippen LogP contribution in [0.25, 0.3) is 11.4 Å². The Kier molecular flexibility index (Phi) is 4.30. The number of halogens is 2. The summed E-state index contributed by atoms with van der Waals surface area (Å²) in [4.78, 5) is 19.3. The maximum Gasteiger partial charge on any atom is 0.264 e. The Balaban J connectivity index is 2.63. The van der Waals surface area contributed by atoms with Crippen molar-refractivity contribution in [3.63, 3.8) is 0 Å². The summed E-state index contributed by atoms with van der Waals surface area (Å²) in [5.74, 6) is 0.768. The molecule has 1 aromatic heterocycles. The SMILES string of the molecule is Cc1ccc(-c2nc(C(C)C)c(I)c(=O)[nH]2)cc1Cl. The zero-order chi connectivity index (χ0) is 14.2. The first-order chi connectivity index (χ1) is 8.90. The molecule has 1 heterocycles. The van der Waals surface area contributed by atoms with Gasteiger partial charge in [0.05, 0.1) is 9.26 Å². The molecule has 19 heavy (non-hydrogen) atoms. The van der Waals surface area contributed by atoms with Crippen molar-refractivity contribution in [1.29, 1.82) is 0 Å². The van der Waals surface area contributed by atoms with Crippen molar-refractivity contribution in [3.8, 4) is 11.4 Å². The van der Waals surface area contributed by atoms with Gasteiger partial charge in [0.25, 0.3) is 5.56 Å². The Morgan fingerprint density at radius 3 is 2.63 bits per heavy atom. The molecule has 0 amide bonds. The monoisotopic (exact) mass is 388 g/mol. The van der Waals surface area contributed by atoms with Crippen LogP contribution in [-0.2, 0) is 0 Å². The molecule has 0 atom stereocenters. The molecule has 0 bridgehead atoms. The Morgan fingerprint density at radius 2 is 2.05 bits per heavy atom. The lowest BCUT2D eigenvalue weighted by atomic mass is 10.1. The predicted molar refractivity (Wildman–Crippen MR) is 86.8 cm³/mol. The molecule has 0 aliphatic carbocycles. The second-order valence-electron chi connectivity index (χ2n) is 4.73. The molecule has 2 rings (SSSR count). The average molecular weight is 389 g/mol. The highest BCUT2D eigenvalue weighted by atomic mass is 127. The zero-order valence-electron chi connectivity index (χ0n) is 10.9. The van der Waals surface area contributed by atoms with E-state index in [1.165, 1.54) is 0 Å². The molecule has 100 valence electrons. The number of aromatic nitrogens is 2. The molecule has 3 nitrogen and oxygen atoms in total. The number of nitrogens with zero attached hydrogens (tertiary/aromatic N) is 1. The van der Waals surface area contributed by atoms with Gasteiger partial charge in [-0.3, -0.25) is 4.79 Å². The third-order valence-electron chi connectivity index (χ3n) is 2.88. The maximum absolute atomic E-state index is 12.0. The smallest absolute Gasteiger partial charge is 0.264 e. The molecule has 1 aromatic carbocycles. The van der Waals surface area contributed by atoms with Crippen molar-refractivity contribution in [1.82, 2.24) is 9.97 Å². The van der Waals surface area contributed by atoms with Gasteiger partial charge >= 0.3 is 0 Å². The molecule has 2 aromatic rings. The van der Waals surface area contributed by atoms with Crippen molar-refractivity contribution < 1.29 is 0 Å². The summed E-state index contributed by atoms with van der Waals surface area (Å²) in [5.41, 5.74) is 2.54. The van der Waals surface area contributed by atoms with Crippen molar-refractivity contribution in [2.24, 2.45) is 0 Å². The molecular weight excluding hydrogens is 375 g/mol. The number of nitrogens with one attached hydrogen (secondary N) is 1. The standard InChI is InChI=1S/C14H14ClIN2O/c1-7(2)12-11(16)14(19)18-13(17-12)9-5-4-8(3)10(15)6-9/h4-7H,1-3H3,(H,17,18,19). The van der Waals surface area contributed by atoms with Crippen molar-refractivity contribution in [2.75, 3.05) is 0 Å². The topological polar surface area (TPSA) is 45.8 Å². The van der Waals surface area contributed by atoms with Crippen molar-refractivity contribution in [2.45, 2.75) is 26.7 Å². The highest BCUT2D eigenvalue weighted by Gasteiger charge is 2.13. The molecule has 0 fully saturated rings. The summed E-state index contributed by atoms with van der Waals surface area (Å²) in [6.07, 6.45) is 0. The van der Waals surface area contributed by atoms with Gasteiger partial charge in [0.2, 0.25) is 0 Å². The van der Waals surface area contributed by atoms with Crippen LogP contribution < -0.4 is 5.56 Å². The second-order valence-corrected chi connectivity index (χ2v) is 6.22. The molecule has 0 radical (unpaired) electrons. The van der Waals surface area contributed by atoms with E-state index in [2.05, 4.69) is 9.97 Å². The van der Waals surface area contributed by atoms with Crippen LogP contribution in [0.3, 0.4) is 0 Å². The lowest BCUT2D eigenvalue weighted by molar-refractivity contribution is 0.802. The summed E-state index contributed by atoms with van der Waals surface area (Å²) in [6, 6.07) is 5.66. The van der Waals surface area contributed by atoms with Crippen LogP contribution in [-0.4, -0.2) is 9.97 Å². The summed E-state index contributed by atoms with van der Waals surface area (Å²) in [5, 5.41) is 0.671. The third kappa shape index (κ3) is 3.00. The Labute approximate surface area is 130 Å². The lowest BCUT2D eigenvalue weighted by Gasteiger charge is -2.10. The molecule has 0 spiro atoms. The van der Waals surface area contributed by atoms with E-state index in [1.54, 1.807) is 0 Å². The first-order valence-electron chi connectivity index (χ1n) is 5.96. The summed E-state index contributed by atoms with van der Waals surface area (Å²) < 4.78 is 0.648. The highest BCUT2D eigenvalue weighted by Crippen LogP contribution is 2.24. The number of hydrogen-bond donors (Lipinski definition) is 1. The number of aromatic amines is 1. The van der Waals surface area contributed by atoms with Gasteiger partial charge in [0.1, 0.15) is 5.82 Å². The number of H-pyrrole nitrogens is 1. The minimum absolute atomic E-state index is 0.106. The van der Waals surface area contributed by atoms with Gasteiger partial charge in [-0.2, -0.15) is 0 Å². The van der Waals surface area contributed by atoms with Crippen LogP contribution in [0.1, 0.15) is 31.0 Å². The van der Waals surface area contributed by atoms with Crippen LogP contribution in [0.15, 0.2) is 23.0 Å². The van der Waals surface area contributed by atoms with Gasteiger partial charge in [-0.25, -0.2) is 4.98 Å². The van der Waals surface area contributed by atoms with E-state index in [-0.39, 0.29) is 11.5 Å². The lowest BCUT2D eigenvalue weighted by Crippen LogP contribution is -2.17. The molecular formula is C14H14ClIN2O. The fraction of sp³-hybridized carbons (Fsp3) is 0.286. The van der Waals surface area contributed by atoms with E-state index >= 15 is 0 Å². The van der Waals surface area contributed by atoms with Crippen LogP contribution in [0.5, 0.6) is 0 Å². The van der Waals surface area contributed by atoms with Gasteiger partial charge < -0.3 is 4.98 Å². The molecule has 0 saturated carbocycles. The molecule has 0 aliphatic heterocycles. The summed E-state index contributed by atoms with van der Waals surface area (Å²) in [6.45, 7) is 5.99. The highest BCUT2D eigenvalue weighted by molar-refractivity contribution is 14.1. The summed E-state index contributed by atoms with van der Waals surface area (Å²) in [7, 11) is 0. The van der Waals surface area contributed by atoms with Gasteiger partial charge in [-0.05, 0) is 47.1 Å². The Morgan fingerprint density at radius 1 is 1.37 bits per heavy atom. The minimum Gasteiger partial charge on any atom is -0.306 e. The molecule has 5 heteroatoms. The Bertz CT molecular complexity index is 680. The third-order valence-corrected chi connectivity index (χ3v) is 4.33. The second kappa shape index (κ2) is 5.63. The first kappa shape index (κ1) is 14.5. The van der Waals surface area contributed by atoms with Gasteiger partial charge in [0, 0.05) is 10.6 Å². The number of benzene rings is 1. The maximum atomic E-state index is 12.0. The van der Waals surface area contributed by atoms with Crippen LogP contribution in [0.4, 0.5) is 0 Å². The van der Waals surface area contributed by atoms with Gasteiger partial charge in [0.15, 0.2) is 0 Å².